The second kappa shape index (κ2) is 10.8. The Morgan fingerprint density at radius 2 is 0.667 bits per heavy atom. The van der Waals surface area contributed by atoms with Crippen molar-refractivity contribution in [3.05, 3.63) is 188 Å². The maximum atomic E-state index is 6.64. The summed E-state index contributed by atoms with van der Waals surface area (Å²) in [6, 6.07) is 69.3. The van der Waals surface area contributed by atoms with E-state index in [1.54, 1.807) is 0 Å². The number of hydrogen-bond acceptors (Lipinski definition) is 2. The van der Waals surface area contributed by atoms with Gasteiger partial charge in [0.25, 0.3) is 0 Å². The molecular weight excluding hydrogens is 635 g/mol. The first-order chi connectivity index (χ1) is 25.3. The Morgan fingerprint density at radius 1 is 0.314 bits per heavy atom. The molecular formula is C48H31NOSi. The van der Waals surface area contributed by atoms with E-state index in [0.29, 0.717) is 0 Å². The third-order valence-corrected chi connectivity index (χ3v) is 16.0. The van der Waals surface area contributed by atoms with Gasteiger partial charge in [-0.1, -0.05) is 152 Å². The van der Waals surface area contributed by atoms with Crippen LogP contribution in [-0.4, -0.2) is 8.07 Å². The van der Waals surface area contributed by atoms with Gasteiger partial charge < -0.3 is 9.64 Å². The molecule has 0 bridgehead atoms. The van der Waals surface area contributed by atoms with Crippen molar-refractivity contribution in [1.29, 1.82) is 0 Å². The molecule has 1 aliphatic carbocycles. The number of ether oxygens (including phenoxy) is 1. The maximum Gasteiger partial charge on any atom is 0.192 e. The molecule has 238 valence electrons. The predicted molar refractivity (Wildman–Crippen MR) is 214 cm³/mol. The van der Waals surface area contributed by atoms with Crippen molar-refractivity contribution in [2.24, 2.45) is 0 Å². The maximum absolute atomic E-state index is 6.64. The number of rotatable bonds is 1. The van der Waals surface area contributed by atoms with E-state index in [1.165, 1.54) is 76.6 Å². The molecule has 8 aromatic rings. The minimum atomic E-state index is -2.78. The second-order valence-corrected chi connectivity index (χ2v) is 17.2. The summed E-state index contributed by atoms with van der Waals surface area (Å²) in [6.45, 7) is 0. The van der Waals surface area contributed by atoms with E-state index < -0.39 is 8.07 Å². The molecule has 0 saturated heterocycles. The van der Waals surface area contributed by atoms with E-state index in [4.69, 9.17) is 4.74 Å². The van der Waals surface area contributed by atoms with Gasteiger partial charge in [0.15, 0.2) is 8.07 Å². The summed E-state index contributed by atoms with van der Waals surface area (Å²) in [4.78, 5) is 2.51. The van der Waals surface area contributed by atoms with Gasteiger partial charge in [-0.15, -0.1) is 0 Å². The zero-order chi connectivity index (χ0) is 33.5. The van der Waals surface area contributed by atoms with E-state index in [1.807, 2.05) is 0 Å². The smallest absolute Gasteiger partial charge is 0.192 e. The molecule has 0 fully saturated rings. The molecule has 2 aliphatic heterocycles. The van der Waals surface area contributed by atoms with Gasteiger partial charge in [-0.3, -0.25) is 0 Å². The number of fused-ring (bicyclic) bond motifs is 16. The van der Waals surface area contributed by atoms with Crippen LogP contribution in [0, 0.1) is 0 Å². The SMILES string of the molecule is c1ccc2c(c1)Oc1ccccc1[Si]21c2ccccc2N(c2ccc3c(c2)-c2ccccc2-c2ccccc2-c2ccccc2-3)c2ccccc21. The summed E-state index contributed by atoms with van der Waals surface area (Å²) in [6.07, 6.45) is 0. The van der Waals surface area contributed by atoms with Crippen molar-refractivity contribution < 1.29 is 4.74 Å². The molecule has 0 radical (unpaired) electrons. The summed E-state index contributed by atoms with van der Waals surface area (Å²) < 4.78 is 6.64. The van der Waals surface area contributed by atoms with E-state index in [9.17, 15) is 0 Å². The highest BCUT2D eigenvalue weighted by molar-refractivity contribution is 7.22. The van der Waals surface area contributed by atoms with Gasteiger partial charge >= 0.3 is 0 Å². The Kier molecular flexibility index (Phi) is 6.01. The summed E-state index contributed by atoms with van der Waals surface area (Å²) in [5, 5.41) is 5.34. The summed E-state index contributed by atoms with van der Waals surface area (Å²) >= 11 is 0. The Labute approximate surface area is 298 Å². The fraction of sp³-hybridized carbons (Fsp3) is 0. The lowest BCUT2D eigenvalue weighted by molar-refractivity contribution is 0.487. The molecule has 2 heterocycles. The Morgan fingerprint density at radius 3 is 1.14 bits per heavy atom. The number of hydrogen-bond donors (Lipinski definition) is 0. The molecule has 0 N–H and O–H groups in total. The molecule has 11 rings (SSSR count). The highest BCUT2D eigenvalue weighted by Gasteiger charge is 2.53. The van der Waals surface area contributed by atoms with Gasteiger partial charge in [-0.2, -0.15) is 0 Å². The monoisotopic (exact) mass is 665 g/mol. The topological polar surface area (TPSA) is 12.5 Å². The number of anilines is 3. The van der Waals surface area contributed by atoms with E-state index >= 15 is 0 Å². The van der Waals surface area contributed by atoms with Crippen LogP contribution in [0.25, 0.3) is 44.5 Å². The number of benzene rings is 8. The van der Waals surface area contributed by atoms with Crippen LogP contribution in [0.2, 0.25) is 0 Å². The highest BCUT2D eigenvalue weighted by Crippen LogP contribution is 2.50. The zero-order valence-electron chi connectivity index (χ0n) is 27.8. The summed E-state index contributed by atoms with van der Waals surface area (Å²) in [5.74, 6) is 1.91. The van der Waals surface area contributed by atoms with Gasteiger partial charge in [0, 0.05) is 17.1 Å². The minimum Gasteiger partial charge on any atom is -0.458 e. The van der Waals surface area contributed by atoms with Crippen molar-refractivity contribution in [2.45, 2.75) is 0 Å². The van der Waals surface area contributed by atoms with Gasteiger partial charge in [-0.05, 0) is 102 Å². The predicted octanol–water partition coefficient (Wildman–Crippen LogP) is 9.93. The van der Waals surface area contributed by atoms with Crippen LogP contribution >= 0.6 is 0 Å². The van der Waals surface area contributed by atoms with E-state index in [2.05, 4.69) is 193 Å². The van der Waals surface area contributed by atoms with Crippen LogP contribution in [0.15, 0.2) is 188 Å². The first-order valence-corrected chi connectivity index (χ1v) is 19.6. The van der Waals surface area contributed by atoms with Crippen LogP contribution in [-0.2, 0) is 0 Å². The quantitative estimate of drug-likeness (QED) is 0.162. The Balaban J connectivity index is 1.21. The van der Waals surface area contributed by atoms with Gasteiger partial charge in [0.2, 0.25) is 0 Å². The molecule has 51 heavy (non-hydrogen) atoms. The molecule has 3 aliphatic rings. The van der Waals surface area contributed by atoms with Crippen LogP contribution < -0.4 is 30.4 Å². The first kappa shape index (κ1) is 28.4. The van der Waals surface area contributed by atoms with Crippen molar-refractivity contribution in [2.75, 3.05) is 4.90 Å². The molecule has 0 aromatic heterocycles. The van der Waals surface area contributed by atoms with Crippen molar-refractivity contribution >= 4 is 45.9 Å². The average molecular weight is 666 g/mol. The van der Waals surface area contributed by atoms with Crippen LogP contribution in [0.3, 0.4) is 0 Å². The number of para-hydroxylation sites is 4. The second-order valence-electron chi connectivity index (χ2n) is 13.6. The van der Waals surface area contributed by atoms with E-state index in [-0.39, 0.29) is 0 Å². The van der Waals surface area contributed by atoms with E-state index in [0.717, 1.165) is 17.2 Å². The molecule has 8 aromatic carbocycles. The fourth-order valence-electron chi connectivity index (χ4n) is 9.09. The normalized spacial score (nSPS) is 13.8. The fourth-order valence-corrected chi connectivity index (χ4v) is 14.4. The summed E-state index contributed by atoms with van der Waals surface area (Å²) in [5.41, 5.74) is 13.6. The van der Waals surface area contributed by atoms with Crippen molar-refractivity contribution in [1.82, 2.24) is 0 Å². The Hall–Kier alpha value is -6.42. The molecule has 1 spiro atoms. The molecule has 0 saturated carbocycles. The molecule has 0 amide bonds. The summed E-state index contributed by atoms with van der Waals surface area (Å²) in [7, 11) is -2.78. The lowest BCUT2D eigenvalue weighted by Crippen LogP contribution is -2.78. The number of nitrogens with zero attached hydrogens (tertiary/aromatic N) is 1. The van der Waals surface area contributed by atoms with Crippen molar-refractivity contribution in [3.63, 3.8) is 0 Å². The standard InChI is InChI=1S/C48H31NOSi/c1-2-16-34-33(15-1)35-17-3-4-19-37(35)39-30-29-32(31-40(39)38-20-6-5-18-36(34)38)49-41-21-7-11-25-45(41)51(46-26-12-8-22-42(46)49)47-27-13-9-23-43(47)50-44-24-10-14-28-48(44)51/h1-31H. The molecule has 0 atom stereocenters. The first-order valence-electron chi connectivity index (χ1n) is 17.6. The Bertz CT molecular complexity index is 2610. The largest absolute Gasteiger partial charge is 0.458 e. The van der Waals surface area contributed by atoms with Crippen LogP contribution in [0.4, 0.5) is 17.1 Å². The van der Waals surface area contributed by atoms with Gasteiger partial charge in [-0.25, -0.2) is 0 Å². The van der Waals surface area contributed by atoms with Gasteiger partial charge in [0.1, 0.15) is 11.5 Å². The minimum absolute atomic E-state index is 0.956. The third-order valence-electron chi connectivity index (χ3n) is 11.1. The lowest BCUT2D eigenvalue weighted by Gasteiger charge is -2.47. The van der Waals surface area contributed by atoms with Gasteiger partial charge in [0.05, 0.1) is 0 Å². The van der Waals surface area contributed by atoms with Crippen molar-refractivity contribution in [3.8, 4) is 56.0 Å². The zero-order valence-corrected chi connectivity index (χ0v) is 28.8. The van der Waals surface area contributed by atoms with Crippen LogP contribution in [0.5, 0.6) is 11.5 Å². The molecule has 3 heteroatoms. The average Bonchev–Trinajstić information content (AvgIpc) is 3.20. The molecule has 2 nitrogen and oxygen atoms in total. The lowest BCUT2D eigenvalue weighted by atomic mass is 9.81. The molecule has 0 unspecified atom stereocenters. The highest BCUT2D eigenvalue weighted by atomic mass is 28.3. The third kappa shape index (κ3) is 3.87. The van der Waals surface area contributed by atoms with Crippen LogP contribution in [0.1, 0.15) is 0 Å².